The first kappa shape index (κ1) is 19.8. The third-order valence-corrected chi connectivity index (χ3v) is 4.51. The summed E-state index contributed by atoms with van der Waals surface area (Å²) < 4.78 is 18.3. The molecule has 0 aliphatic carbocycles. The number of hydrogen-bond acceptors (Lipinski definition) is 5. The lowest BCUT2D eigenvalue weighted by Gasteiger charge is -2.13. The Kier molecular flexibility index (Phi) is 7.47. The van der Waals surface area contributed by atoms with E-state index in [0.717, 1.165) is 23.0 Å². The summed E-state index contributed by atoms with van der Waals surface area (Å²) in [5, 5.41) is 2.69. The van der Waals surface area contributed by atoms with E-state index in [1.807, 2.05) is 43.3 Å². The second kappa shape index (κ2) is 9.82. The van der Waals surface area contributed by atoms with E-state index in [1.54, 1.807) is 18.2 Å². The Bertz CT molecular complexity index is 751. The Morgan fingerprint density at radius 2 is 1.81 bits per heavy atom. The number of carbonyl (C=O) groups is 2. The van der Waals surface area contributed by atoms with E-state index in [1.165, 1.54) is 6.07 Å². The number of esters is 1. The Balaban J connectivity index is 1.68. The highest BCUT2D eigenvalue weighted by Crippen LogP contribution is 2.21. The van der Waals surface area contributed by atoms with E-state index in [2.05, 4.69) is 5.32 Å². The molecule has 0 bridgehead atoms. The molecule has 0 saturated heterocycles. The molecule has 0 aromatic heterocycles. The maximum Gasteiger partial charge on any atom is 0.316 e. The van der Waals surface area contributed by atoms with Gasteiger partial charge in [0.1, 0.15) is 5.82 Å². The monoisotopic (exact) mass is 376 g/mol. The van der Waals surface area contributed by atoms with Crippen molar-refractivity contribution in [2.75, 3.05) is 31.4 Å². The van der Waals surface area contributed by atoms with Gasteiger partial charge in [0, 0.05) is 31.2 Å². The van der Waals surface area contributed by atoms with E-state index in [4.69, 9.17) is 4.74 Å². The Hall–Kier alpha value is -2.54. The predicted octanol–water partition coefficient (Wildman–Crippen LogP) is 2.84. The van der Waals surface area contributed by atoms with Crippen LogP contribution in [-0.2, 0) is 20.9 Å². The number of benzene rings is 2. The van der Waals surface area contributed by atoms with Gasteiger partial charge in [0.15, 0.2) is 6.61 Å². The summed E-state index contributed by atoms with van der Waals surface area (Å²) in [6.45, 7) is 0.000511. The summed E-state index contributed by atoms with van der Waals surface area (Å²) >= 11 is 1.04. The lowest BCUT2D eigenvalue weighted by atomic mass is 10.2. The zero-order chi connectivity index (χ0) is 18.9. The molecule has 2 aromatic carbocycles. The minimum Gasteiger partial charge on any atom is -0.455 e. The first-order valence-electron chi connectivity index (χ1n) is 8.01. The topological polar surface area (TPSA) is 58.6 Å². The first-order valence-corrected chi connectivity index (χ1v) is 9.00. The maximum absolute atomic E-state index is 13.4. The van der Waals surface area contributed by atoms with Crippen LogP contribution in [0.2, 0.25) is 0 Å². The average molecular weight is 376 g/mol. The molecular weight excluding hydrogens is 355 g/mol. The fourth-order valence-corrected chi connectivity index (χ4v) is 2.79. The van der Waals surface area contributed by atoms with Gasteiger partial charge >= 0.3 is 5.97 Å². The van der Waals surface area contributed by atoms with Gasteiger partial charge < -0.3 is 15.0 Å². The highest BCUT2D eigenvalue weighted by Gasteiger charge is 2.10. The zero-order valence-electron chi connectivity index (χ0n) is 14.7. The number of ether oxygens (including phenoxy) is 1. The number of nitrogens with zero attached hydrogens (tertiary/aromatic N) is 1. The van der Waals surface area contributed by atoms with Crippen molar-refractivity contribution in [1.82, 2.24) is 5.32 Å². The van der Waals surface area contributed by atoms with Gasteiger partial charge in [-0.25, -0.2) is 4.39 Å². The third-order valence-electron chi connectivity index (χ3n) is 3.49. The summed E-state index contributed by atoms with van der Waals surface area (Å²) in [5.74, 6) is -1.39. The van der Waals surface area contributed by atoms with Gasteiger partial charge in [-0.1, -0.05) is 24.3 Å². The molecule has 0 atom stereocenters. The summed E-state index contributed by atoms with van der Waals surface area (Å²) in [7, 11) is 3.91. The van der Waals surface area contributed by atoms with Gasteiger partial charge in [-0.2, -0.15) is 0 Å². The predicted molar refractivity (Wildman–Crippen MR) is 101 cm³/mol. The second-order valence-electron chi connectivity index (χ2n) is 5.72. The number of rotatable bonds is 8. The highest BCUT2D eigenvalue weighted by atomic mass is 32.2. The quantitative estimate of drug-likeness (QED) is 0.567. The zero-order valence-corrected chi connectivity index (χ0v) is 15.5. The largest absolute Gasteiger partial charge is 0.455 e. The van der Waals surface area contributed by atoms with Gasteiger partial charge in [0.05, 0.1) is 5.75 Å². The van der Waals surface area contributed by atoms with Crippen LogP contribution in [0.15, 0.2) is 53.4 Å². The number of thioether (sulfide) groups is 1. The smallest absolute Gasteiger partial charge is 0.316 e. The molecule has 0 unspecified atom stereocenters. The normalized spacial score (nSPS) is 10.3. The van der Waals surface area contributed by atoms with E-state index < -0.39 is 5.97 Å². The van der Waals surface area contributed by atoms with Crippen LogP contribution >= 0.6 is 11.8 Å². The van der Waals surface area contributed by atoms with Crippen LogP contribution in [0.4, 0.5) is 10.1 Å². The summed E-state index contributed by atoms with van der Waals surface area (Å²) in [6.07, 6.45) is 0. The number of halogens is 1. The van der Waals surface area contributed by atoms with Gasteiger partial charge in [-0.3, -0.25) is 9.59 Å². The average Bonchev–Trinajstić information content (AvgIpc) is 2.64. The van der Waals surface area contributed by atoms with E-state index in [-0.39, 0.29) is 24.1 Å². The molecule has 0 radical (unpaired) electrons. The van der Waals surface area contributed by atoms with Crippen LogP contribution in [0.5, 0.6) is 0 Å². The Morgan fingerprint density at radius 1 is 1.12 bits per heavy atom. The van der Waals surface area contributed by atoms with Crippen molar-refractivity contribution in [1.29, 1.82) is 0 Å². The molecular formula is C19H21FN2O3S. The summed E-state index contributed by atoms with van der Waals surface area (Å²) in [5.41, 5.74) is 2.02. The van der Waals surface area contributed by atoms with Crippen LogP contribution < -0.4 is 10.2 Å². The van der Waals surface area contributed by atoms with Crippen LogP contribution in [0.3, 0.4) is 0 Å². The van der Waals surface area contributed by atoms with Crippen molar-refractivity contribution in [3.63, 3.8) is 0 Å². The van der Waals surface area contributed by atoms with Crippen LogP contribution in [0.25, 0.3) is 0 Å². The van der Waals surface area contributed by atoms with Crippen molar-refractivity contribution < 1.29 is 18.7 Å². The van der Waals surface area contributed by atoms with Gasteiger partial charge in [-0.05, 0) is 29.8 Å². The molecule has 7 heteroatoms. The fourth-order valence-electron chi connectivity index (χ4n) is 2.05. The minimum atomic E-state index is -0.566. The van der Waals surface area contributed by atoms with Crippen LogP contribution in [0.1, 0.15) is 5.56 Å². The van der Waals surface area contributed by atoms with E-state index in [9.17, 15) is 14.0 Å². The molecule has 5 nitrogen and oxygen atoms in total. The molecule has 0 saturated carbocycles. The Morgan fingerprint density at radius 3 is 2.46 bits per heavy atom. The van der Waals surface area contributed by atoms with E-state index in [0.29, 0.717) is 11.4 Å². The second-order valence-corrected chi connectivity index (χ2v) is 6.73. The molecule has 26 heavy (non-hydrogen) atoms. The molecule has 2 rings (SSSR count). The minimum absolute atomic E-state index is 0.0553. The van der Waals surface area contributed by atoms with E-state index >= 15 is 0 Å². The molecule has 0 spiro atoms. The molecule has 0 heterocycles. The van der Waals surface area contributed by atoms with Crippen molar-refractivity contribution >= 4 is 29.3 Å². The van der Waals surface area contributed by atoms with Crippen LogP contribution in [-0.4, -0.2) is 38.3 Å². The molecule has 2 aromatic rings. The van der Waals surface area contributed by atoms with Gasteiger partial charge in [-0.15, -0.1) is 11.8 Å². The van der Waals surface area contributed by atoms with Crippen molar-refractivity contribution in [2.45, 2.75) is 11.4 Å². The number of carbonyl (C=O) groups excluding carboxylic acids is 2. The number of hydrogen-bond donors (Lipinski definition) is 1. The Labute approximate surface area is 156 Å². The summed E-state index contributed by atoms with van der Waals surface area (Å²) in [6, 6.07) is 13.9. The van der Waals surface area contributed by atoms with Crippen molar-refractivity contribution in [3.05, 3.63) is 59.9 Å². The van der Waals surface area contributed by atoms with Crippen molar-refractivity contribution in [2.24, 2.45) is 0 Å². The molecule has 1 N–H and O–H groups in total. The summed E-state index contributed by atoms with van der Waals surface area (Å²) in [4.78, 5) is 25.8. The lowest BCUT2D eigenvalue weighted by Crippen LogP contribution is -2.28. The molecule has 1 amide bonds. The lowest BCUT2D eigenvalue weighted by molar-refractivity contribution is -0.145. The van der Waals surface area contributed by atoms with Crippen LogP contribution in [0, 0.1) is 5.82 Å². The maximum atomic E-state index is 13.4. The first-order chi connectivity index (χ1) is 12.5. The SMILES string of the molecule is CN(C)c1ccc(CNC(=O)COC(=O)CSc2ccccc2F)cc1. The number of anilines is 1. The fraction of sp³-hybridized carbons (Fsp3) is 0.263. The van der Waals surface area contributed by atoms with Gasteiger partial charge in [0.2, 0.25) is 0 Å². The third kappa shape index (κ3) is 6.40. The number of amides is 1. The standard InChI is InChI=1S/C19H21FN2O3S/c1-22(2)15-9-7-14(8-10-15)11-21-18(23)12-25-19(24)13-26-17-6-4-3-5-16(17)20/h3-10H,11-13H2,1-2H3,(H,21,23). The highest BCUT2D eigenvalue weighted by molar-refractivity contribution is 8.00. The van der Waals surface area contributed by atoms with Crippen molar-refractivity contribution in [3.8, 4) is 0 Å². The van der Waals surface area contributed by atoms with Gasteiger partial charge in [0.25, 0.3) is 5.91 Å². The molecule has 0 aliphatic heterocycles. The molecule has 0 fully saturated rings. The molecule has 138 valence electrons. The number of nitrogens with one attached hydrogen (secondary N) is 1. The molecule has 0 aliphatic rings.